The SMILES string of the molecule is CC(O)(CNC(=O)CCc1cccc(Cl)c1)Cc1ccsc1. The molecule has 1 heterocycles. The van der Waals surface area contributed by atoms with Crippen LogP contribution in [0.4, 0.5) is 0 Å². The van der Waals surface area contributed by atoms with Gasteiger partial charge in [-0.25, -0.2) is 0 Å². The molecule has 0 aliphatic rings. The predicted molar refractivity (Wildman–Crippen MR) is 91.4 cm³/mol. The number of halogens is 1. The number of benzene rings is 1. The third kappa shape index (κ3) is 5.79. The highest BCUT2D eigenvalue weighted by atomic mass is 35.5. The van der Waals surface area contributed by atoms with Crippen molar-refractivity contribution in [3.05, 3.63) is 57.2 Å². The van der Waals surface area contributed by atoms with Crippen molar-refractivity contribution in [2.24, 2.45) is 0 Å². The maximum Gasteiger partial charge on any atom is 0.220 e. The van der Waals surface area contributed by atoms with Crippen molar-refractivity contribution in [1.29, 1.82) is 0 Å². The van der Waals surface area contributed by atoms with E-state index in [-0.39, 0.29) is 12.5 Å². The summed E-state index contributed by atoms with van der Waals surface area (Å²) < 4.78 is 0. The second kappa shape index (κ2) is 7.77. The smallest absolute Gasteiger partial charge is 0.220 e. The fourth-order valence-corrected chi connectivity index (χ4v) is 3.10. The molecule has 0 aliphatic carbocycles. The number of amides is 1. The first-order valence-electron chi connectivity index (χ1n) is 7.19. The standard InChI is InChI=1S/C17H20ClNO2S/c1-17(21,10-14-7-8-22-11-14)12-19-16(20)6-5-13-3-2-4-15(18)9-13/h2-4,7-9,11,21H,5-6,10,12H2,1H3,(H,19,20). The number of rotatable bonds is 7. The highest BCUT2D eigenvalue weighted by Gasteiger charge is 2.21. The van der Waals surface area contributed by atoms with Crippen molar-refractivity contribution < 1.29 is 9.90 Å². The summed E-state index contributed by atoms with van der Waals surface area (Å²) in [5, 5.41) is 17.8. The topological polar surface area (TPSA) is 49.3 Å². The van der Waals surface area contributed by atoms with Crippen molar-refractivity contribution >= 4 is 28.8 Å². The lowest BCUT2D eigenvalue weighted by Crippen LogP contribution is -2.42. The highest BCUT2D eigenvalue weighted by Crippen LogP contribution is 2.15. The largest absolute Gasteiger partial charge is 0.388 e. The van der Waals surface area contributed by atoms with Crippen LogP contribution in [0.25, 0.3) is 0 Å². The van der Waals surface area contributed by atoms with Gasteiger partial charge in [0.15, 0.2) is 0 Å². The molecule has 0 saturated heterocycles. The lowest BCUT2D eigenvalue weighted by atomic mass is 9.98. The van der Waals surface area contributed by atoms with Crippen LogP contribution < -0.4 is 5.32 Å². The van der Waals surface area contributed by atoms with Gasteiger partial charge in [0.25, 0.3) is 0 Å². The van der Waals surface area contributed by atoms with Gasteiger partial charge in [-0.3, -0.25) is 4.79 Å². The molecule has 0 bridgehead atoms. The van der Waals surface area contributed by atoms with Crippen molar-refractivity contribution in [2.75, 3.05) is 6.54 Å². The van der Waals surface area contributed by atoms with E-state index in [9.17, 15) is 9.90 Å². The van der Waals surface area contributed by atoms with Gasteiger partial charge in [0.2, 0.25) is 5.91 Å². The third-order valence-corrected chi connectivity index (χ3v) is 4.33. The Morgan fingerprint density at radius 2 is 2.18 bits per heavy atom. The Labute approximate surface area is 139 Å². The number of thiophene rings is 1. The third-order valence-electron chi connectivity index (χ3n) is 3.36. The zero-order valence-corrected chi connectivity index (χ0v) is 14.1. The average Bonchev–Trinajstić information content (AvgIpc) is 2.95. The Balaban J connectivity index is 1.75. The minimum Gasteiger partial charge on any atom is -0.388 e. The summed E-state index contributed by atoms with van der Waals surface area (Å²) in [6.07, 6.45) is 1.55. The maximum atomic E-state index is 11.9. The average molecular weight is 338 g/mol. The minimum atomic E-state index is -0.938. The first-order chi connectivity index (χ1) is 10.4. The summed E-state index contributed by atoms with van der Waals surface area (Å²) in [6.45, 7) is 1.99. The fraction of sp³-hybridized carbons (Fsp3) is 0.353. The van der Waals surface area contributed by atoms with E-state index in [4.69, 9.17) is 11.6 Å². The number of hydrogen-bond acceptors (Lipinski definition) is 3. The molecule has 0 fully saturated rings. The van der Waals surface area contributed by atoms with Crippen molar-refractivity contribution in [3.63, 3.8) is 0 Å². The van der Waals surface area contributed by atoms with Crippen LogP contribution in [0.3, 0.4) is 0 Å². The van der Waals surface area contributed by atoms with E-state index >= 15 is 0 Å². The van der Waals surface area contributed by atoms with Gasteiger partial charge in [-0.2, -0.15) is 11.3 Å². The molecule has 2 aromatic rings. The fourth-order valence-electron chi connectivity index (χ4n) is 2.22. The van der Waals surface area contributed by atoms with Crippen LogP contribution in [0.2, 0.25) is 5.02 Å². The summed E-state index contributed by atoms with van der Waals surface area (Å²) in [7, 11) is 0. The summed E-state index contributed by atoms with van der Waals surface area (Å²) in [4.78, 5) is 11.9. The quantitative estimate of drug-likeness (QED) is 0.813. The first kappa shape index (κ1) is 17.0. The summed E-state index contributed by atoms with van der Waals surface area (Å²) >= 11 is 7.52. The highest BCUT2D eigenvalue weighted by molar-refractivity contribution is 7.07. The van der Waals surface area contributed by atoms with E-state index < -0.39 is 5.60 Å². The summed E-state index contributed by atoms with van der Waals surface area (Å²) in [6, 6.07) is 9.49. The van der Waals surface area contributed by atoms with Gasteiger partial charge < -0.3 is 10.4 Å². The van der Waals surface area contributed by atoms with Gasteiger partial charge in [-0.05, 0) is 53.4 Å². The molecule has 118 valence electrons. The monoisotopic (exact) mass is 337 g/mol. The molecular formula is C17H20ClNO2S. The molecule has 0 saturated carbocycles. The van der Waals surface area contributed by atoms with Crippen LogP contribution >= 0.6 is 22.9 Å². The molecule has 5 heteroatoms. The van der Waals surface area contributed by atoms with Crippen LogP contribution in [-0.4, -0.2) is 23.2 Å². The Kier molecular flexibility index (Phi) is 6.00. The van der Waals surface area contributed by atoms with Gasteiger partial charge >= 0.3 is 0 Å². The van der Waals surface area contributed by atoms with E-state index in [2.05, 4.69) is 5.32 Å². The lowest BCUT2D eigenvalue weighted by molar-refractivity contribution is -0.122. The Morgan fingerprint density at radius 3 is 2.86 bits per heavy atom. The van der Waals surface area contributed by atoms with E-state index in [1.807, 2.05) is 41.1 Å². The van der Waals surface area contributed by atoms with Crippen LogP contribution in [-0.2, 0) is 17.6 Å². The summed E-state index contributed by atoms with van der Waals surface area (Å²) in [5.41, 5.74) is 1.18. The van der Waals surface area contributed by atoms with Crippen molar-refractivity contribution in [1.82, 2.24) is 5.32 Å². The Bertz CT molecular complexity index is 611. The minimum absolute atomic E-state index is 0.0643. The zero-order chi connectivity index (χ0) is 16.0. The number of aryl methyl sites for hydroxylation is 1. The molecule has 1 amide bonds. The molecule has 1 atom stereocenters. The molecule has 1 unspecified atom stereocenters. The number of hydrogen-bond donors (Lipinski definition) is 2. The zero-order valence-electron chi connectivity index (χ0n) is 12.5. The molecule has 0 spiro atoms. The van der Waals surface area contributed by atoms with Gasteiger partial charge in [-0.15, -0.1) is 0 Å². The molecule has 2 N–H and O–H groups in total. The van der Waals surface area contributed by atoms with Crippen LogP contribution in [0, 0.1) is 0 Å². The number of aliphatic hydroxyl groups is 1. The molecule has 1 aromatic heterocycles. The number of carbonyl (C=O) groups excluding carboxylic acids is 1. The van der Waals surface area contributed by atoms with Gasteiger partial charge in [0.1, 0.15) is 0 Å². The predicted octanol–water partition coefficient (Wildman–Crippen LogP) is 3.44. The molecular weight excluding hydrogens is 318 g/mol. The molecule has 0 radical (unpaired) electrons. The molecule has 2 rings (SSSR count). The lowest BCUT2D eigenvalue weighted by Gasteiger charge is -2.23. The number of carbonyl (C=O) groups is 1. The van der Waals surface area contributed by atoms with Gasteiger partial charge in [-0.1, -0.05) is 23.7 Å². The number of nitrogens with one attached hydrogen (secondary N) is 1. The first-order valence-corrected chi connectivity index (χ1v) is 8.51. The van der Waals surface area contributed by atoms with Crippen LogP contribution in [0.15, 0.2) is 41.1 Å². The molecule has 3 nitrogen and oxygen atoms in total. The van der Waals surface area contributed by atoms with Gasteiger partial charge in [0, 0.05) is 24.4 Å². The normalized spacial score (nSPS) is 13.6. The van der Waals surface area contributed by atoms with E-state index in [0.717, 1.165) is 11.1 Å². The molecule has 0 aliphatic heterocycles. The second-order valence-electron chi connectivity index (χ2n) is 5.71. The summed E-state index contributed by atoms with van der Waals surface area (Å²) in [5.74, 6) is -0.0643. The van der Waals surface area contributed by atoms with E-state index in [0.29, 0.717) is 24.3 Å². The van der Waals surface area contributed by atoms with Crippen molar-refractivity contribution in [2.45, 2.75) is 31.8 Å². The van der Waals surface area contributed by atoms with Crippen LogP contribution in [0.5, 0.6) is 0 Å². The molecule has 1 aromatic carbocycles. The van der Waals surface area contributed by atoms with E-state index in [1.54, 1.807) is 18.3 Å². The van der Waals surface area contributed by atoms with Crippen LogP contribution in [0.1, 0.15) is 24.5 Å². The Hall–Kier alpha value is -1.36. The molecule has 22 heavy (non-hydrogen) atoms. The van der Waals surface area contributed by atoms with E-state index in [1.165, 1.54) is 0 Å². The maximum absolute atomic E-state index is 11.9. The van der Waals surface area contributed by atoms with Gasteiger partial charge in [0.05, 0.1) is 5.60 Å². The second-order valence-corrected chi connectivity index (χ2v) is 6.93. The Morgan fingerprint density at radius 1 is 1.36 bits per heavy atom. The van der Waals surface area contributed by atoms with Crippen molar-refractivity contribution in [3.8, 4) is 0 Å².